The van der Waals surface area contributed by atoms with Crippen LogP contribution in [0.4, 0.5) is 4.79 Å². The van der Waals surface area contributed by atoms with Crippen LogP contribution in [0.5, 0.6) is 0 Å². The second-order valence-electron chi connectivity index (χ2n) is 8.23. The molecule has 0 radical (unpaired) electrons. The molecule has 0 aromatic carbocycles. The van der Waals surface area contributed by atoms with Gasteiger partial charge in [-0.25, -0.2) is 9.36 Å². The molecule has 3 heterocycles. The van der Waals surface area contributed by atoms with E-state index in [0.717, 1.165) is 12.2 Å². The molecule has 7 N–H and O–H groups in total. The molecule has 3 rings (SSSR count). The Morgan fingerprint density at radius 3 is 2.66 bits per heavy atom. The maximum atomic E-state index is 12.3. The Kier molecular flexibility index (Phi) is 8.11. The number of carbonyl (C=O) groups is 2. The van der Waals surface area contributed by atoms with Gasteiger partial charge >= 0.3 is 19.8 Å². The van der Waals surface area contributed by atoms with E-state index < -0.39 is 50.6 Å². The highest BCUT2D eigenvalue weighted by molar-refractivity contribution is 8.00. The van der Waals surface area contributed by atoms with Crippen LogP contribution < -0.4 is 10.6 Å². The topological polar surface area (TPSA) is 204 Å². The molecule has 13 nitrogen and oxygen atoms in total. The van der Waals surface area contributed by atoms with E-state index in [-0.39, 0.29) is 29.8 Å². The zero-order valence-electron chi connectivity index (χ0n) is 17.3. The zero-order valence-corrected chi connectivity index (χ0v) is 19.0. The summed E-state index contributed by atoms with van der Waals surface area (Å²) in [7, 11) is -4.87. The van der Waals surface area contributed by atoms with Crippen LogP contribution in [0.2, 0.25) is 0 Å². The van der Waals surface area contributed by atoms with Gasteiger partial charge in [-0.2, -0.15) is 11.8 Å². The van der Waals surface area contributed by atoms with Gasteiger partial charge in [-0.15, -0.1) is 0 Å². The number of phosphoric acid groups is 1. The van der Waals surface area contributed by atoms with E-state index in [1.165, 1.54) is 6.92 Å². The van der Waals surface area contributed by atoms with E-state index in [0.29, 0.717) is 12.8 Å². The van der Waals surface area contributed by atoms with Gasteiger partial charge in [0.1, 0.15) is 24.4 Å². The summed E-state index contributed by atoms with van der Waals surface area (Å²) in [5.41, 5.74) is 0. The van der Waals surface area contributed by atoms with Crippen molar-refractivity contribution in [3.63, 3.8) is 0 Å². The van der Waals surface area contributed by atoms with Crippen molar-refractivity contribution in [1.29, 1.82) is 0 Å². The summed E-state index contributed by atoms with van der Waals surface area (Å²) in [6.45, 7) is 0.384. The fraction of sp³-hybridized carbons (Fsp3) is 0.882. The van der Waals surface area contributed by atoms with Crippen molar-refractivity contribution < 1.29 is 53.3 Å². The average Bonchev–Trinajstić information content (AvgIpc) is 3.24. The van der Waals surface area contributed by atoms with Crippen molar-refractivity contribution in [3.8, 4) is 0 Å². The lowest BCUT2D eigenvalue weighted by Gasteiger charge is -2.45. The molecule has 32 heavy (non-hydrogen) atoms. The summed E-state index contributed by atoms with van der Waals surface area (Å²) in [5.74, 6) is -1.92. The van der Waals surface area contributed by atoms with Crippen LogP contribution in [0, 0.1) is 0 Å². The van der Waals surface area contributed by atoms with Crippen molar-refractivity contribution in [2.75, 3.05) is 12.4 Å². The van der Waals surface area contributed by atoms with Crippen LogP contribution in [-0.2, 0) is 23.4 Å². The normalized spacial score (nSPS) is 39.3. The predicted molar refractivity (Wildman–Crippen MR) is 109 cm³/mol. The number of phosphoric ester groups is 1. The summed E-state index contributed by atoms with van der Waals surface area (Å²) in [5, 5.41) is 36.3. The molecule has 3 fully saturated rings. The molecule has 15 heteroatoms. The number of aliphatic hydroxyl groups is 3. The van der Waals surface area contributed by atoms with Gasteiger partial charge in [0.25, 0.3) is 0 Å². The van der Waals surface area contributed by atoms with Crippen molar-refractivity contribution in [2.45, 2.75) is 80.1 Å². The molecule has 2 unspecified atom stereocenters. The summed E-state index contributed by atoms with van der Waals surface area (Å²) < 4.78 is 25.8. The Morgan fingerprint density at radius 2 is 1.97 bits per heavy atom. The van der Waals surface area contributed by atoms with E-state index in [9.17, 15) is 29.5 Å². The van der Waals surface area contributed by atoms with Crippen LogP contribution in [0.25, 0.3) is 0 Å². The number of fused-ring (bicyclic) bond motifs is 1. The van der Waals surface area contributed by atoms with Crippen LogP contribution in [-0.4, -0.2) is 97.0 Å². The van der Waals surface area contributed by atoms with Crippen molar-refractivity contribution in [1.82, 2.24) is 10.6 Å². The van der Waals surface area contributed by atoms with Gasteiger partial charge < -0.3 is 45.2 Å². The summed E-state index contributed by atoms with van der Waals surface area (Å²) >= 11 is 1.76. The standard InChI is InChI=1S/C17H29N2O11PS/c1-17(15(23)14(22)13(21)9(29-17)6-28-31(25,26)27)30-11(20)5-3-2-4-10-12-8(7-32-10)18-16(24)19-12/h8-10,12-15,21-23H,2-7H2,1H3,(H2,18,19,24)(H2,25,26,27)/t8-,9+,10?,12-,13+,14-,15-,17?/m0/s1. The number of urea groups is 1. The third-order valence-electron chi connectivity index (χ3n) is 5.76. The van der Waals surface area contributed by atoms with E-state index in [1.54, 1.807) is 11.8 Å². The van der Waals surface area contributed by atoms with Gasteiger partial charge in [-0.05, 0) is 12.8 Å². The van der Waals surface area contributed by atoms with Crippen LogP contribution >= 0.6 is 19.6 Å². The first kappa shape index (κ1) is 25.7. The smallest absolute Gasteiger partial charge is 0.430 e. The molecule has 0 aromatic rings. The number of ether oxygens (including phenoxy) is 2. The minimum atomic E-state index is -4.87. The number of hydrogen-bond acceptors (Lipinski definition) is 10. The van der Waals surface area contributed by atoms with Gasteiger partial charge in [-0.1, -0.05) is 6.42 Å². The summed E-state index contributed by atoms with van der Waals surface area (Å²) in [4.78, 5) is 41.4. The lowest BCUT2D eigenvalue weighted by atomic mass is 9.93. The van der Waals surface area contributed by atoms with Gasteiger partial charge in [0.15, 0.2) is 0 Å². The van der Waals surface area contributed by atoms with E-state index in [4.69, 9.17) is 19.3 Å². The highest BCUT2D eigenvalue weighted by Gasteiger charge is 2.53. The minimum Gasteiger partial charge on any atom is -0.430 e. The molecule has 0 bridgehead atoms. The van der Waals surface area contributed by atoms with Crippen molar-refractivity contribution in [2.24, 2.45) is 0 Å². The Hall–Kier alpha value is -0.960. The summed E-state index contributed by atoms with van der Waals surface area (Å²) in [6, 6.07) is 0.0333. The number of unbranched alkanes of at least 4 members (excludes halogenated alkanes) is 1. The van der Waals surface area contributed by atoms with Crippen LogP contribution in [0.15, 0.2) is 0 Å². The summed E-state index contributed by atoms with van der Waals surface area (Å²) in [6.07, 6.45) is -4.78. The highest BCUT2D eigenvalue weighted by atomic mass is 32.2. The third-order valence-corrected chi connectivity index (χ3v) is 7.75. The first-order valence-corrected chi connectivity index (χ1v) is 12.8. The Labute approximate surface area is 188 Å². The number of aliphatic hydroxyl groups excluding tert-OH is 3. The molecule has 3 aliphatic rings. The fourth-order valence-electron chi connectivity index (χ4n) is 4.08. The maximum Gasteiger partial charge on any atom is 0.469 e. The van der Waals surface area contributed by atoms with Gasteiger partial charge in [0.05, 0.1) is 18.7 Å². The van der Waals surface area contributed by atoms with Crippen molar-refractivity contribution >= 4 is 31.6 Å². The maximum absolute atomic E-state index is 12.3. The molecule has 184 valence electrons. The average molecular weight is 500 g/mol. The van der Waals surface area contributed by atoms with Gasteiger partial charge in [0.2, 0.25) is 5.79 Å². The van der Waals surface area contributed by atoms with E-state index in [1.807, 2.05) is 0 Å². The molecule has 2 amide bonds. The number of esters is 1. The largest absolute Gasteiger partial charge is 0.469 e. The van der Waals surface area contributed by atoms with Gasteiger partial charge in [-0.3, -0.25) is 9.32 Å². The SMILES string of the molecule is CC1(OC(=O)CCCCC2SC[C@@H]3NC(=O)N[C@H]23)O[C@H](COP(=O)(O)O)[C@@H](O)[C@H](O)[C@@H]1O. The number of amides is 2. The number of carbonyl (C=O) groups excluding carboxylic acids is 2. The molecular weight excluding hydrogens is 471 g/mol. The van der Waals surface area contributed by atoms with E-state index >= 15 is 0 Å². The monoisotopic (exact) mass is 500 g/mol. The lowest BCUT2D eigenvalue weighted by molar-refractivity contribution is -0.343. The molecule has 0 aromatic heterocycles. The quantitative estimate of drug-likeness (QED) is 0.0842. The van der Waals surface area contributed by atoms with Gasteiger partial charge in [0, 0.05) is 24.3 Å². The molecule has 8 atom stereocenters. The Bertz CT molecular complexity index is 754. The highest BCUT2D eigenvalue weighted by Crippen LogP contribution is 2.38. The van der Waals surface area contributed by atoms with E-state index in [2.05, 4.69) is 15.2 Å². The molecule has 3 aliphatic heterocycles. The molecule has 0 saturated carbocycles. The minimum absolute atomic E-state index is 0.00403. The Morgan fingerprint density at radius 1 is 1.25 bits per heavy atom. The van der Waals surface area contributed by atoms with Crippen LogP contribution in [0.1, 0.15) is 32.6 Å². The number of thioether (sulfide) groups is 1. The molecule has 0 aliphatic carbocycles. The number of rotatable bonds is 9. The molecular formula is C17H29N2O11PS. The number of nitrogens with one attached hydrogen (secondary N) is 2. The lowest BCUT2D eigenvalue weighted by Crippen LogP contribution is -2.65. The van der Waals surface area contributed by atoms with Crippen molar-refractivity contribution in [3.05, 3.63) is 0 Å². The second-order valence-corrected chi connectivity index (χ2v) is 10.7. The second kappa shape index (κ2) is 10.1. The third kappa shape index (κ3) is 6.13. The first-order chi connectivity index (χ1) is 14.9. The molecule has 0 spiro atoms. The first-order valence-electron chi connectivity index (χ1n) is 10.2. The Balaban J connectivity index is 1.46. The zero-order chi connectivity index (χ0) is 23.7. The number of hydrogen-bond donors (Lipinski definition) is 7. The molecule has 3 saturated heterocycles. The predicted octanol–water partition coefficient (Wildman–Crippen LogP) is -1.44. The fourth-order valence-corrected chi connectivity index (χ4v) is 5.96. The van der Waals surface area contributed by atoms with Crippen LogP contribution in [0.3, 0.4) is 0 Å².